The van der Waals surface area contributed by atoms with Gasteiger partial charge in [-0.15, -0.1) is 0 Å². The summed E-state index contributed by atoms with van der Waals surface area (Å²) in [4.78, 5) is 16.0. The highest BCUT2D eigenvalue weighted by Crippen LogP contribution is 2.15. The minimum Gasteiger partial charge on any atom is -0.461 e. The summed E-state index contributed by atoms with van der Waals surface area (Å²) in [5.74, 6) is -0.364. The maximum atomic E-state index is 11.7. The van der Waals surface area contributed by atoms with Gasteiger partial charge in [-0.05, 0) is 19.9 Å². The van der Waals surface area contributed by atoms with Gasteiger partial charge in [0.2, 0.25) is 0 Å². The second-order valence-corrected chi connectivity index (χ2v) is 3.45. The van der Waals surface area contributed by atoms with Crippen molar-refractivity contribution in [3.63, 3.8) is 0 Å². The molecule has 5 nitrogen and oxygen atoms in total. The summed E-state index contributed by atoms with van der Waals surface area (Å²) in [5.41, 5.74) is 8.02. The van der Waals surface area contributed by atoms with Crippen molar-refractivity contribution in [1.29, 1.82) is 0 Å². The number of nitrogens with two attached hydrogens (primary N) is 1. The Kier molecular flexibility index (Phi) is 2.52. The van der Waals surface area contributed by atoms with Crippen LogP contribution in [0.2, 0.25) is 0 Å². The number of anilines is 1. The number of hydrogen-bond donors (Lipinski definition) is 1. The maximum Gasteiger partial charge on any atom is 0.357 e. The minimum atomic E-state index is -0.364. The van der Waals surface area contributed by atoms with E-state index < -0.39 is 0 Å². The third kappa shape index (κ3) is 1.60. The zero-order valence-corrected chi connectivity index (χ0v) is 9.23. The lowest BCUT2D eigenvalue weighted by atomic mass is 10.3. The lowest BCUT2D eigenvalue weighted by Gasteiger charge is -2.02. The Balaban J connectivity index is 2.60. The van der Waals surface area contributed by atoms with E-state index in [1.165, 1.54) is 0 Å². The number of esters is 1. The number of nitrogens with zero attached hydrogens (tertiary/aromatic N) is 2. The lowest BCUT2D eigenvalue weighted by molar-refractivity contribution is 0.0517. The molecule has 84 valence electrons. The topological polar surface area (TPSA) is 69.6 Å². The Bertz CT molecular complexity index is 545. The molecule has 0 atom stereocenters. The number of fused-ring (bicyclic) bond motifs is 1. The fraction of sp³-hybridized carbons (Fsp3) is 0.273. The average Bonchev–Trinajstić information content (AvgIpc) is 2.53. The van der Waals surface area contributed by atoms with Crippen LogP contribution in [0.3, 0.4) is 0 Å². The number of hydrogen-bond acceptors (Lipinski definition) is 4. The number of aromatic nitrogens is 2. The maximum absolute atomic E-state index is 11.7. The molecule has 0 aromatic carbocycles. The van der Waals surface area contributed by atoms with Gasteiger partial charge < -0.3 is 10.5 Å². The number of pyridine rings is 1. The molecule has 0 aliphatic carbocycles. The van der Waals surface area contributed by atoms with Gasteiger partial charge >= 0.3 is 5.97 Å². The molecule has 0 amide bonds. The second-order valence-electron chi connectivity index (χ2n) is 3.45. The Morgan fingerprint density at radius 1 is 1.62 bits per heavy atom. The van der Waals surface area contributed by atoms with Crippen molar-refractivity contribution in [1.82, 2.24) is 9.38 Å². The molecule has 0 aliphatic heterocycles. The molecule has 2 heterocycles. The SMILES string of the molecule is CCOC(=O)c1c(C)nc2cc(N)ccn12. The van der Waals surface area contributed by atoms with E-state index >= 15 is 0 Å². The molecule has 0 bridgehead atoms. The van der Waals surface area contributed by atoms with Crippen LogP contribution in [0, 0.1) is 6.92 Å². The molecule has 0 radical (unpaired) electrons. The van der Waals surface area contributed by atoms with Gasteiger partial charge in [0.25, 0.3) is 0 Å². The number of carbonyl (C=O) groups excluding carboxylic acids is 1. The zero-order valence-electron chi connectivity index (χ0n) is 9.23. The number of rotatable bonds is 2. The van der Waals surface area contributed by atoms with Gasteiger partial charge in [-0.1, -0.05) is 0 Å². The van der Waals surface area contributed by atoms with Gasteiger partial charge in [0.15, 0.2) is 5.69 Å². The lowest BCUT2D eigenvalue weighted by Crippen LogP contribution is -2.09. The number of carbonyl (C=O) groups is 1. The molecule has 0 aliphatic rings. The van der Waals surface area contributed by atoms with Crippen LogP contribution >= 0.6 is 0 Å². The van der Waals surface area contributed by atoms with E-state index in [2.05, 4.69) is 4.98 Å². The van der Waals surface area contributed by atoms with Crippen molar-refractivity contribution in [3.05, 3.63) is 29.7 Å². The Labute approximate surface area is 92.8 Å². The molecule has 5 heteroatoms. The van der Waals surface area contributed by atoms with E-state index in [1.54, 1.807) is 36.6 Å². The van der Waals surface area contributed by atoms with Crippen molar-refractivity contribution in [2.75, 3.05) is 12.3 Å². The molecule has 2 N–H and O–H groups in total. The normalized spacial score (nSPS) is 10.6. The number of nitrogen functional groups attached to an aromatic ring is 1. The number of ether oxygens (including phenoxy) is 1. The molecule has 0 unspecified atom stereocenters. The summed E-state index contributed by atoms with van der Waals surface area (Å²) in [7, 11) is 0. The van der Waals surface area contributed by atoms with Crippen LogP contribution in [0.25, 0.3) is 5.65 Å². The first-order valence-electron chi connectivity index (χ1n) is 5.04. The first-order chi connectivity index (χ1) is 7.63. The van der Waals surface area contributed by atoms with Crippen LogP contribution in [0.1, 0.15) is 23.1 Å². The van der Waals surface area contributed by atoms with E-state index in [0.717, 1.165) is 0 Å². The van der Waals surface area contributed by atoms with Gasteiger partial charge in [-0.2, -0.15) is 0 Å². The molecule has 2 rings (SSSR count). The average molecular weight is 219 g/mol. The fourth-order valence-electron chi connectivity index (χ4n) is 1.62. The molecular weight excluding hydrogens is 206 g/mol. The van der Waals surface area contributed by atoms with Gasteiger partial charge in [0.05, 0.1) is 12.3 Å². The van der Waals surface area contributed by atoms with Crippen molar-refractivity contribution in [3.8, 4) is 0 Å². The van der Waals surface area contributed by atoms with E-state index in [-0.39, 0.29) is 5.97 Å². The van der Waals surface area contributed by atoms with Crippen LogP contribution in [0.4, 0.5) is 5.69 Å². The quantitative estimate of drug-likeness (QED) is 0.775. The van der Waals surface area contributed by atoms with Gasteiger partial charge in [-0.3, -0.25) is 4.40 Å². The standard InChI is InChI=1S/C11H13N3O2/c1-3-16-11(15)10-7(2)13-9-6-8(12)4-5-14(9)10/h4-6H,3,12H2,1-2H3. The summed E-state index contributed by atoms with van der Waals surface area (Å²) in [6.07, 6.45) is 1.72. The van der Waals surface area contributed by atoms with Crippen molar-refractivity contribution >= 4 is 17.3 Å². The molecule has 2 aromatic heterocycles. The number of aryl methyl sites for hydroxylation is 1. The Morgan fingerprint density at radius 3 is 3.06 bits per heavy atom. The largest absolute Gasteiger partial charge is 0.461 e. The van der Waals surface area contributed by atoms with Crippen molar-refractivity contribution in [2.24, 2.45) is 0 Å². The first kappa shape index (κ1) is 10.5. The summed E-state index contributed by atoms with van der Waals surface area (Å²) in [5, 5.41) is 0. The van der Waals surface area contributed by atoms with E-state index in [1.807, 2.05) is 0 Å². The van der Waals surface area contributed by atoms with Crippen LogP contribution in [-0.2, 0) is 4.74 Å². The zero-order chi connectivity index (χ0) is 11.7. The third-order valence-corrected chi connectivity index (χ3v) is 2.29. The molecule has 2 aromatic rings. The predicted octanol–water partition coefficient (Wildman–Crippen LogP) is 1.40. The minimum absolute atomic E-state index is 0.348. The molecule has 16 heavy (non-hydrogen) atoms. The fourth-order valence-corrected chi connectivity index (χ4v) is 1.62. The summed E-state index contributed by atoms with van der Waals surface area (Å²) in [6.45, 7) is 3.89. The van der Waals surface area contributed by atoms with Gasteiger partial charge in [-0.25, -0.2) is 9.78 Å². The number of imidazole rings is 1. The van der Waals surface area contributed by atoms with Crippen molar-refractivity contribution < 1.29 is 9.53 Å². The Hall–Kier alpha value is -2.04. The van der Waals surface area contributed by atoms with Gasteiger partial charge in [0.1, 0.15) is 5.65 Å². The molecule has 0 fully saturated rings. The van der Waals surface area contributed by atoms with Crippen LogP contribution in [-0.4, -0.2) is 22.0 Å². The van der Waals surface area contributed by atoms with Crippen LogP contribution < -0.4 is 5.73 Å². The highest BCUT2D eigenvalue weighted by molar-refractivity contribution is 5.90. The van der Waals surface area contributed by atoms with Gasteiger partial charge in [0, 0.05) is 18.0 Å². The molecule has 0 spiro atoms. The highest BCUT2D eigenvalue weighted by atomic mass is 16.5. The van der Waals surface area contributed by atoms with E-state index in [0.29, 0.717) is 29.3 Å². The van der Waals surface area contributed by atoms with Crippen LogP contribution in [0.15, 0.2) is 18.3 Å². The molecule has 0 saturated carbocycles. The second kappa shape index (κ2) is 3.84. The molecular formula is C11H13N3O2. The monoisotopic (exact) mass is 219 g/mol. The van der Waals surface area contributed by atoms with Crippen molar-refractivity contribution in [2.45, 2.75) is 13.8 Å². The predicted molar refractivity (Wildman–Crippen MR) is 60.3 cm³/mol. The summed E-state index contributed by atoms with van der Waals surface area (Å²) in [6, 6.07) is 3.44. The first-order valence-corrected chi connectivity index (χ1v) is 5.04. The highest BCUT2D eigenvalue weighted by Gasteiger charge is 2.17. The van der Waals surface area contributed by atoms with Crippen LogP contribution in [0.5, 0.6) is 0 Å². The smallest absolute Gasteiger partial charge is 0.357 e. The van der Waals surface area contributed by atoms with E-state index in [9.17, 15) is 4.79 Å². The summed E-state index contributed by atoms with van der Waals surface area (Å²) >= 11 is 0. The molecule has 0 saturated heterocycles. The summed E-state index contributed by atoms with van der Waals surface area (Å²) < 4.78 is 6.66. The van der Waals surface area contributed by atoms with E-state index in [4.69, 9.17) is 10.5 Å². The Morgan fingerprint density at radius 2 is 2.38 bits per heavy atom. The third-order valence-electron chi connectivity index (χ3n) is 2.29.